The minimum atomic E-state index is 0.0918. The first-order chi connectivity index (χ1) is 7.79. The maximum atomic E-state index is 5.76. The normalized spacial score (nSPS) is 20.8. The Balaban J connectivity index is 2.03. The maximum absolute atomic E-state index is 5.76. The van der Waals surface area contributed by atoms with Crippen LogP contribution in [-0.2, 0) is 6.42 Å². The number of aryl methyl sites for hydroxylation is 1. The number of nitrogens with zero attached hydrogens (tertiary/aromatic N) is 1. The highest BCUT2D eigenvalue weighted by Crippen LogP contribution is 2.25. The van der Waals surface area contributed by atoms with Crippen LogP contribution in [0.4, 0.5) is 0 Å². The molecule has 0 bridgehead atoms. The smallest absolute Gasteiger partial charge is 0.136 e. The largest absolute Gasteiger partial charge is 0.387 e. The molecular weight excluding hydrogens is 218 g/mol. The Morgan fingerprint density at radius 1 is 1.62 bits per heavy atom. The average molecular weight is 237 g/mol. The first kappa shape index (κ1) is 11.6. The molecule has 3 N–H and O–H groups in total. The molecule has 2 rings (SSSR count). The van der Waals surface area contributed by atoms with Crippen LogP contribution in [-0.4, -0.2) is 12.4 Å². The molecule has 0 aromatic carbocycles. The van der Waals surface area contributed by atoms with Crippen LogP contribution in [0.1, 0.15) is 42.8 Å². The van der Waals surface area contributed by atoms with Gasteiger partial charge in [0.05, 0.1) is 5.84 Å². The molecule has 0 radical (unpaired) electrons. The molecule has 0 aliphatic carbocycles. The fraction of sp³-hybridized carbons (Fsp3) is 0.583. The van der Waals surface area contributed by atoms with Gasteiger partial charge in [-0.3, -0.25) is 5.32 Å². The van der Waals surface area contributed by atoms with Crippen molar-refractivity contribution in [3.8, 4) is 0 Å². The van der Waals surface area contributed by atoms with E-state index in [0.29, 0.717) is 0 Å². The van der Waals surface area contributed by atoms with Gasteiger partial charge in [0.15, 0.2) is 0 Å². The highest BCUT2D eigenvalue weighted by atomic mass is 32.1. The van der Waals surface area contributed by atoms with Gasteiger partial charge in [-0.15, -0.1) is 11.3 Å². The van der Waals surface area contributed by atoms with Gasteiger partial charge in [-0.1, -0.05) is 13.3 Å². The molecular formula is C12H19N3S. The Bertz CT molecular complexity index is 370. The van der Waals surface area contributed by atoms with Crippen LogP contribution in [0.15, 0.2) is 16.4 Å². The summed E-state index contributed by atoms with van der Waals surface area (Å²) in [6.07, 6.45) is 4.65. The third-order valence-electron chi connectivity index (χ3n) is 2.78. The van der Waals surface area contributed by atoms with E-state index in [0.717, 1.165) is 18.8 Å². The molecule has 4 heteroatoms. The van der Waals surface area contributed by atoms with Gasteiger partial charge >= 0.3 is 0 Å². The molecule has 2 heterocycles. The Labute approximate surface area is 101 Å². The summed E-state index contributed by atoms with van der Waals surface area (Å²) in [4.78, 5) is 5.73. The molecule has 0 amide bonds. The minimum absolute atomic E-state index is 0.0918. The lowest BCUT2D eigenvalue weighted by atomic mass is 10.1. The van der Waals surface area contributed by atoms with Crippen LogP contribution in [0.25, 0.3) is 0 Å². The summed E-state index contributed by atoms with van der Waals surface area (Å²) < 4.78 is 0. The molecule has 1 aliphatic heterocycles. The quantitative estimate of drug-likeness (QED) is 0.845. The predicted octanol–water partition coefficient (Wildman–Crippen LogP) is 2.44. The summed E-state index contributed by atoms with van der Waals surface area (Å²) in [5.41, 5.74) is 7.20. The Hall–Kier alpha value is -0.870. The van der Waals surface area contributed by atoms with E-state index in [2.05, 4.69) is 28.7 Å². The Kier molecular flexibility index (Phi) is 3.96. The van der Waals surface area contributed by atoms with E-state index < -0.39 is 0 Å². The lowest BCUT2D eigenvalue weighted by Crippen LogP contribution is -2.31. The summed E-state index contributed by atoms with van der Waals surface area (Å²) >= 11 is 1.78. The van der Waals surface area contributed by atoms with Gasteiger partial charge in [-0.2, -0.15) is 0 Å². The summed E-state index contributed by atoms with van der Waals surface area (Å²) in [5, 5.41) is 5.62. The van der Waals surface area contributed by atoms with Gasteiger partial charge in [0.2, 0.25) is 0 Å². The minimum Gasteiger partial charge on any atom is -0.387 e. The van der Waals surface area contributed by atoms with E-state index in [1.54, 1.807) is 11.3 Å². The number of hydrogen-bond acceptors (Lipinski definition) is 4. The highest BCUT2D eigenvalue weighted by molar-refractivity contribution is 7.10. The number of hydrogen-bond donors (Lipinski definition) is 2. The highest BCUT2D eigenvalue weighted by Gasteiger charge is 2.16. The van der Waals surface area contributed by atoms with E-state index in [4.69, 9.17) is 5.73 Å². The van der Waals surface area contributed by atoms with Crippen LogP contribution in [0.2, 0.25) is 0 Å². The van der Waals surface area contributed by atoms with Crippen molar-refractivity contribution in [1.29, 1.82) is 0 Å². The van der Waals surface area contributed by atoms with Crippen molar-refractivity contribution in [3.63, 3.8) is 0 Å². The van der Waals surface area contributed by atoms with Gasteiger partial charge in [-0.25, -0.2) is 4.99 Å². The molecule has 1 unspecified atom stereocenters. The van der Waals surface area contributed by atoms with Crippen molar-refractivity contribution < 1.29 is 0 Å². The lowest BCUT2D eigenvalue weighted by molar-refractivity contribution is 0.547. The number of nitrogens with two attached hydrogens (primary N) is 1. The summed E-state index contributed by atoms with van der Waals surface area (Å²) in [7, 11) is 0. The van der Waals surface area contributed by atoms with Crippen molar-refractivity contribution in [2.45, 2.75) is 38.8 Å². The van der Waals surface area contributed by atoms with Crippen LogP contribution in [0.5, 0.6) is 0 Å². The predicted molar refractivity (Wildman–Crippen MR) is 69.9 cm³/mol. The van der Waals surface area contributed by atoms with Crippen molar-refractivity contribution >= 4 is 17.2 Å². The zero-order valence-electron chi connectivity index (χ0n) is 9.70. The van der Waals surface area contributed by atoms with Gasteiger partial charge in [0, 0.05) is 17.8 Å². The number of nitrogens with one attached hydrogen (secondary N) is 1. The Morgan fingerprint density at radius 2 is 2.50 bits per heavy atom. The zero-order valence-corrected chi connectivity index (χ0v) is 10.5. The van der Waals surface area contributed by atoms with Crippen molar-refractivity contribution in [2.75, 3.05) is 6.54 Å². The third kappa shape index (κ3) is 2.83. The van der Waals surface area contributed by atoms with E-state index >= 15 is 0 Å². The SMILES string of the molecule is CCCCc1csc(C2N=C(N)CCN2)c1. The fourth-order valence-corrected chi connectivity index (χ4v) is 2.78. The third-order valence-corrected chi connectivity index (χ3v) is 3.81. The average Bonchev–Trinajstić information content (AvgIpc) is 2.75. The monoisotopic (exact) mass is 237 g/mol. The summed E-state index contributed by atoms with van der Waals surface area (Å²) in [6.45, 7) is 3.16. The number of amidine groups is 1. The van der Waals surface area contributed by atoms with Gasteiger partial charge in [0.1, 0.15) is 6.17 Å². The number of thiophene rings is 1. The van der Waals surface area contributed by atoms with Crippen LogP contribution >= 0.6 is 11.3 Å². The van der Waals surface area contributed by atoms with Crippen LogP contribution in [0, 0.1) is 0 Å². The summed E-state index contributed by atoms with van der Waals surface area (Å²) in [6, 6.07) is 2.26. The standard InChI is InChI=1S/C12H19N3S/c1-2-3-4-9-7-10(16-8-9)12-14-6-5-11(13)15-12/h7-8,12,14H,2-6H2,1H3,(H2,13,15). The molecule has 0 saturated heterocycles. The van der Waals surface area contributed by atoms with Crippen LogP contribution < -0.4 is 11.1 Å². The van der Waals surface area contributed by atoms with Gasteiger partial charge in [0.25, 0.3) is 0 Å². The van der Waals surface area contributed by atoms with Crippen molar-refractivity contribution in [1.82, 2.24) is 5.32 Å². The molecule has 88 valence electrons. The van der Waals surface area contributed by atoms with Crippen molar-refractivity contribution in [2.24, 2.45) is 10.7 Å². The van der Waals surface area contributed by atoms with E-state index in [-0.39, 0.29) is 6.17 Å². The van der Waals surface area contributed by atoms with E-state index in [1.807, 2.05) is 0 Å². The topological polar surface area (TPSA) is 50.4 Å². The molecule has 0 saturated carbocycles. The van der Waals surface area contributed by atoms with Crippen molar-refractivity contribution in [3.05, 3.63) is 21.9 Å². The Morgan fingerprint density at radius 3 is 3.25 bits per heavy atom. The second kappa shape index (κ2) is 5.46. The molecule has 1 atom stereocenters. The molecule has 1 aliphatic rings. The molecule has 1 aromatic rings. The first-order valence-corrected chi connectivity index (χ1v) is 6.80. The molecule has 0 fully saturated rings. The maximum Gasteiger partial charge on any atom is 0.136 e. The van der Waals surface area contributed by atoms with E-state index in [9.17, 15) is 0 Å². The zero-order chi connectivity index (χ0) is 11.4. The second-order valence-corrected chi connectivity index (χ2v) is 5.13. The van der Waals surface area contributed by atoms with Gasteiger partial charge in [-0.05, 0) is 29.9 Å². The number of unbranched alkanes of at least 4 members (excludes halogenated alkanes) is 1. The lowest BCUT2D eigenvalue weighted by Gasteiger charge is -2.18. The molecule has 16 heavy (non-hydrogen) atoms. The summed E-state index contributed by atoms with van der Waals surface area (Å²) in [5.74, 6) is 0.771. The fourth-order valence-electron chi connectivity index (χ4n) is 1.83. The first-order valence-electron chi connectivity index (χ1n) is 5.92. The van der Waals surface area contributed by atoms with E-state index in [1.165, 1.54) is 29.7 Å². The molecule has 1 aromatic heterocycles. The molecule has 3 nitrogen and oxygen atoms in total. The van der Waals surface area contributed by atoms with Crippen LogP contribution in [0.3, 0.4) is 0 Å². The number of aliphatic imine (C=N–C) groups is 1. The molecule has 0 spiro atoms. The van der Waals surface area contributed by atoms with Gasteiger partial charge < -0.3 is 5.73 Å². The number of rotatable bonds is 4. The second-order valence-electron chi connectivity index (χ2n) is 4.19.